The van der Waals surface area contributed by atoms with Crippen LogP contribution in [0.3, 0.4) is 0 Å². The first-order valence-corrected chi connectivity index (χ1v) is 8.77. The van der Waals surface area contributed by atoms with E-state index in [0.29, 0.717) is 16.8 Å². The molecule has 1 aliphatic carbocycles. The third kappa shape index (κ3) is 3.01. The average molecular weight is 381 g/mol. The smallest absolute Gasteiger partial charge is 0.387 e. The summed E-state index contributed by atoms with van der Waals surface area (Å²) in [4.78, 5) is 16.6. The fraction of sp³-hybridized carbons (Fsp3) is 0.182. The van der Waals surface area contributed by atoms with Crippen LogP contribution in [0.25, 0.3) is 16.5 Å². The summed E-state index contributed by atoms with van der Waals surface area (Å²) in [6, 6.07) is 12.2. The molecule has 0 atom stereocenters. The molecule has 0 saturated heterocycles. The first-order chi connectivity index (χ1) is 13.3. The summed E-state index contributed by atoms with van der Waals surface area (Å²) in [5, 5.41) is 10.0. The maximum absolute atomic E-state index is 12.6. The summed E-state index contributed by atoms with van der Waals surface area (Å²) in [7, 11) is 0. The van der Waals surface area contributed by atoms with E-state index in [4.69, 9.17) is 4.98 Å². The van der Waals surface area contributed by atoms with Gasteiger partial charge in [0.1, 0.15) is 5.75 Å². The van der Waals surface area contributed by atoms with E-state index in [1.807, 2.05) is 31.2 Å². The lowest BCUT2D eigenvalue weighted by atomic mass is 9.97. The van der Waals surface area contributed by atoms with Crippen molar-refractivity contribution in [1.82, 2.24) is 4.98 Å². The van der Waals surface area contributed by atoms with Crippen LogP contribution in [0.1, 0.15) is 39.7 Å². The number of aromatic carboxylic acids is 1. The Kier molecular flexibility index (Phi) is 4.34. The number of alkyl halides is 2. The van der Waals surface area contributed by atoms with Crippen LogP contribution in [0, 0.1) is 6.92 Å². The molecule has 0 amide bonds. The number of fused-ring (bicyclic) bond motifs is 2. The Morgan fingerprint density at radius 1 is 1.18 bits per heavy atom. The van der Waals surface area contributed by atoms with E-state index in [-0.39, 0.29) is 16.7 Å². The van der Waals surface area contributed by atoms with Gasteiger partial charge in [-0.3, -0.25) is 0 Å². The van der Waals surface area contributed by atoms with E-state index < -0.39 is 12.6 Å². The molecule has 0 unspecified atom stereocenters. The summed E-state index contributed by atoms with van der Waals surface area (Å²) >= 11 is 0. The lowest BCUT2D eigenvalue weighted by Gasteiger charge is -2.13. The SMILES string of the molecule is CC1=C(c2cc(C(=O)O)c3cc(OC(F)F)cc(C)c3n2)c2ccccc2C1. The molecular formula is C22H17F2NO3. The highest BCUT2D eigenvalue weighted by Crippen LogP contribution is 2.38. The minimum atomic E-state index is -2.99. The molecule has 0 aliphatic heterocycles. The largest absolute Gasteiger partial charge is 0.478 e. The number of carboxylic acids is 1. The van der Waals surface area contributed by atoms with E-state index in [1.165, 1.54) is 23.8 Å². The third-order valence-electron chi connectivity index (χ3n) is 4.96. The van der Waals surface area contributed by atoms with Crippen LogP contribution in [-0.2, 0) is 6.42 Å². The normalized spacial score (nSPS) is 13.3. The maximum atomic E-state index is 12.6. The number of rotatable bonds is 4. The molecule has 1 aromatic heterocycles. The van der Waals surface area contributed by atoms with Gasteiger partial charge in [-0.25, -0.2) is 9.78 Å². The summed E-state index contributed by atoms with van der Waals surface area (Å²) in [6.07, 6.45) is 0.785. The number of hydrogen-bond donors (Lipinski definition) is 1. The highest BCUT2D eigenvalue weighted by Gasteiger charge is 2.24. The van der Waals surface area contributed by atoms with Gasteiger partial charge in [0.2, 0.25) is 0 Å². The van der Waals surface area contributed by atoms with Gasteiger partial charge >= 0.3 is 12.6 Å². The second-order valence-corrected chi connectivity index (χ2v) is 6.86. The van der Waals surface area contributed by atoms with Crippen molar-refractivity contribution in [3.8, 4) is 5.75 Å². The number of ether oxygens (including phenoxy) is 1. The molecule has 1 aliphatic rings. The van der Waals surface area contributed by atoms with Gasteiger partial charge in [-0.05, 0) is 55.2 Å². The fourth-order valence-electron chi connectivity index (χ4n) is 3.82. The summed E-state index contributed by atoms with van der Waals surface area (Å²) in [6.45, 7) is 0.723. The predicted molar refractivity (Wildman–Crippen MR) is 102 cm³/mol. The van der Waals surface area contributed by atoms with Crippen LogP contribution in [0.2, 0.25) is 0 Å². The van der Waals surface area contributed by atoms with Gasteiger partial charge in [-0.1, -0.05) is 29.8 Å². The number of pyridine rings is 1. The lowest BCUT2D eigenvalue weighted by molar-refractivity contribution is -0.0497. The lowest BCUT2D eigenvalue weighted by Crippen LogP contribution is -2.06. The number of aromatic nitrogens is 1. The highest BCUT2D eigenvalue weighted by molar-refractivity contribution is 6.05. The van der Waals surface area contributed by atoms with Crippen molar-refractivity contribution >= 4 is 22.4 Å². The second-order valence-electron chi connectivity index (χ2n) is 6.86. The molecule has 1 heterocycles. The van der Waals surface area contributed by atoms with E-state index >= 15 is 0 Å². The Morgan fingerprint density at radius 3 is 2.64 bits per heavy atom. The van der Waals surface area contributed by atoms with Crippen LogP contribution in [0.15, 0.2) is 48.0 Å². The molecule has 0 radical (unpaired) electrons. The van der Waals surface area contributed by atoms with Crippen molar-refractivity contribution in [2.45, 2.75) is 26.9 Å². The zero-order valence-corrected chi connectivity index (χ0v) is 15.3. The minimum Gasteiger partial charge on any atom is -0.478 e. The van der Waals surface area contributed by atoms with Crippen molar-refractivity contribution < 1.29 is 23.4 Å². The van der Waals surface area contributed by atoms with Crippen molar-refractivity contribution in [3.05, 3.63) is 76.0 Å². The zero-order chi connectivity index (χ0) is 20.0. The standard InChI is InChI=1S/C22H17F2NO3/c1-11-7-13-5-3-4-6-15(13)19(11)18-10-17(21(26)27)16-9-14(28-22(23)24)8-12(2)20(16)25-18/h3-6,8-10,22H,7H2,1-2H3,(H,26,27). The topological polar surface area (TPSA) is 59.4 Å². The van der Waals surface area contributed by atoms with Crippen LogP contribution in [-0.4, -0.2) is 22.7 Å². The number of carbonyl (C=O) groups is 1. The van der Waals surface area contributed by atoms with Gasteiger partial charge in [-0.15, -0.1) is 0 Å². The Balaban J connectivity index is 1.96. The van der Waals surface area contributed by atoms with E-state index in [1.54, 1.807) is 6.92 Å². The number of allylic oxidation sites excluding steroid dienone is 1. The van der Waals surface area contributed by atoms with Crippen LogP contribution < -0.4 is 4.74 Å². The number of aryl methyl sites for hydroxylation is 1. The van der Waals surface area contributed by atoms with Crippen LogP contribution in [0.4, 0.5) is 8.78 Å². The van der Waals surface area contributed by atoms with Gasteiger partial charge < -0.3 is 9.84 Å². The van der Waals surface area contributed by atoms with Crippen LogP contribution in [0.5, 0.6) is 5.75 Å². The van der Waals surface area contributed by atoms with E-state index in [9.17, 15) is 18.7 Å². The number of nitrogens with zero attached hydrogens (tertiary/aromatic N) is 1. The van der Waals surface area contributed by atoms with Crippen molar-refractivity contribution in [2.75, 3.05) is 0 Å². The molecule has 4 rings (SSSR count). The van der Waals surface area contributed by atoms with Gasteiger partial charge in [0, 0.05) is 11.0 Å². The third-order valence-corrected chi connectivity index (χ3v) is 4.96. The molecular weight excluding hydrogens is 364 g/mol. The maximum Gasteiger partial charge on any atom is 0.387 e. The van der Waals surface area contributed by atoms with Gasteiger partial charge in [0.25, 0.3) is 0 Å². The Bertz CT molecular complexity index is 1150. The summed E-state index contributed by atoms with van der Waals surface area (Å²) in [5.74, 6) is -1.23. The Morgan fingerprint density at radius 2 is 1.93 bits per heavy atom. The van der Waals surface area contributed by atoms with Crippen molar-refractivity contribution in [3.63, 3.8) is 0 Å². The Hall–Kier alpha value is -3.28. The number of halogens is 2. The van der Waals surface area contributed by atoms with Crippen LogP contribution >= 0.6 is 0 Å². The second kappa shape index (κ2) is 6.71. The molecule has 0 saturated carbocycles. The van der Waals surface area contributed by atoms with Gasteiger partial charge in [0.15, 0.2) is 0 Å². The highest BCUT2D eigenvalue weighted by atomic mass is 19.3. The van der Waals surface area contributed by atoms with E-state index in [0.717, 1.165) is 23.1 Å². The molecule has 6 heteroatoms. The first kappa shape index (κ1) is 18.1. The minimum absolute atomic E-state index is 0.00694. The van der Waals surface area contributed by atoms with E-state index in [2.05, 4.69) is 4.74 Å². The molecule has 28 heavy (non-hydrogen) atoms. The molecule has 0 bridgehead atoms. The van der Waals surface area contributed by atoms with Crippen molar-refractivity contribution in [2.24, 2.45) is 0 Å². The molecule has 2 aromatic carbocycles. The molecule has 4 nitrogen and oxygen atoms in total. The molecule has 0 fully saturated rings. The van der Waals surface area contributed by atoms with Gasteiger partial charge in [0.05, 0.1) is 16.8 Å². The fourth-order valence-corrected chi connectivity index (χ4v) is 3.82. The number of hydrogen-bond acceptors (Lipinski definition) is 3. The average Bonchev–Trinajstić information content (AvgIpc) is 2.96. The quantitative estimate of drug-likeness (QED) is 0.673. The molecule has 1 N–H and O–H groups in total. The summed E-state index contributed by atoms with van der Waals surface area (Å²) in [5.41, 5.74) is 5.85. The molecule has 3 aromatic rings. The van der Waals surface area contributed by atoms with Gasteiger partial charge in [-0.2, -0.15) is 8.78 Å². The zero-order valence-electron chi connectivity index (χ0n) is 15.3. The molecule has 142 valence electrons. The monoisotopic (exact) mass is 381 g/mol. The molecule has 0 spiro atoms. The Labute approximate surface area is 160 Å². The number of carboxylic acid groups (broad SMARTS) is 1. The predicted octanol–water partition coefficient (Wildman–Crippen LogP) is 5.22. The first-order valence-electron chi connectivity index (χ1n) is 8.77. The summed E-state index contributed by atoms with van der Waals surface area (Å²) < 4.78 is 29.7. The number of benzene rings is 2. The van der Waals surface area contributed by atoms with Crippen molar-refractivity contribution in [1.29, 1.82) is 0 Å².